The Morgan fingerprint density at radius 1 is 1.19 bits per heavy atom. The Kier molecular flexibility index (Phi) is 4.95. The molecule has 2 N–H and O–H groups in total. The van der Waals surface area contributed by atoms with Crippen molar-refractivity contribution in [2.75, 3.05) is 11.1 Å². The minimum atomic E-state index is -0.114. The number of aromatic amines is 1. The zero-order valence-corrected chi connectivity index (χ0v) is 17.9. The lowest BCUT2D eigenvalue weighted by Gasteiger charge is -2.07. The van der Waals surface area contributed by atoms with Crippen molar-refractivity contribution < 1.29 is 9.21 Å². The van der Waals surface area contributed by atoms with Crippen molar-refractivity contribution in [3.05, 3.63) is 54.4 Å². The monoisotopic (exact) mass is 432 g/mol. The number of anilines is 1. The lowest BCUT2D eigenvalue weighted by molar-refractivity contribution is -0.113. The highest BCUT2D eigenvalue weighted by Crippen LogP contribution is 2.29. The van der Waals surface area contributed by atoms with Crippen LogP contribution < -0.4 is 5.32 Å². The molecule has 3 aromatic heterocycles. The van der Waals surface area contributed by atoms with Crippen molar-refractivity contribution in [3.63, 3.8) is 0 Å². The van der Waals surface area contributed by atoms with Gasteiger partial charge in [-0.2, -0.15) is 0 Å². The van der Waals surface area contributed by atoms with Crippen LogP contribution in [0.3, 0.4) is 0 Å². The first-order valence-electron chi connectivity index (χ1n) is 9.92. The number of fused-ring (bicyclic) bond motifs is 2. The Labute approximate surface area is 182 Å². The molecule has 3 heterocycles. The molecule has 5 aromatic rings. The van der Waals surface area contributed by atoms with Gasteiger partial charge in [-0.3, -0.25) is 9.36 Å². The topological polar surface area (TPSA) is 102 Å². The molecule has 0 aliphatic carbocycles. The van der Waals surface area contributed by atoms with E-state index in [-0.39, 0.29) is 11.7 Å². The highest BCUT2D eigenvalue weighted by molar-refractivity contribution is 7.99. The van der Waals surface area contributed by atoms with Crippen molar-refractivity contribution in [3.8, 4) is 11.6 Å². The largest absolute Gasteiger partial charge is 0.453 e. The molecule has 0 saturated heterocycles. The van der Waals surface area contributed by atoms with Gasteiger partial charge in [0.1, 0.15) is 11.4 Å². The number of thioether (sulfide) groups is 1. The minimum Gasteiger partial charge on any atom is -0.453 e. The van der Waals surface area contributed by atoms with Crippen molar-refractivity contribution >= 4 is 45.4 Å². The number of H-pyrrole nitrogens is 1. The van der Waals surface area contributed by atoms with E-state index in [1.165, 1.54) is 11.8 Å². The Morgan fingerprint density at radius 3 is 2.90 bits per heavy atom. The van der Waals surface area contributed by atoms with E-state index >= 15 is 0 Å². The van der Waals surface area contributed by atoms with Crippen molar-refractivity contribution in [2.24, 2.45) is 0 Å². The van der Waals surface area contributed by atoms with Gasteiger partial charge in [0.25, 0.3) is 0 Å². The number of imidazole rings is 1. The summed E-state index contributed by atoms with van der Waals surface area (Å²) >= 11 is 1.34. The molecule has 0 spiro atoms. The van der Waals surface area contributed by atoms with Crippen LogP contribution in [-0.4, -0.2) is 36.4 Å². The SMILES string of the molecule is CCn1c(SCC(=O)Nc2ccc3nc(C)[nH]c3c2)nnc1-c1cc2ccccc2o1. The summed E-state index contributed by atoms with van der Waals surface area (Å²) in [6, 6.07) is 15.4. The van der Waals surface area contributed by atoms with E-state index in [0.29, 0.717) is 23.3 Å². The Hall–Kier alpha value is -3.59. The van der Waals surface area contributed by atoms with Crippen LogP contribution in [0, 0.1) is 6.92 Å². The van der Waals surface area contributed by atoms with E-state index in [1.54, 1.807) is 0 Å². The maximum atomic E-state index is 12.5. The number of hydrogen-bond donors (Lipinski definition) is 2. The van der Waals surface area contributed by atoms with Gasteiger partial charge in [0.05, 0.1) is 16.8 Å². The highest BCUT2D eigenvalue weighted by atomic mass is 32.2. The van der Waals surface area contributed by atoms with Gasteiger partial charge in [-0.15, -0.1) is 10.2 Å². The fourth-order valence-corrected chi connectivity index (χ4v) is 4.30. The molecule has 0 unspecified atom stereocenters. The van der Waals surface area contributed by atoms with Gasteiger partial charge in [-0.1, -0.05) is 30.0 Å². The van der Waals surface area contributed by atoms with E-state index in [2.05, 4.69) is 25.5 Å². The molecule has 9 heteroatoms. The molecular formula is C22H20N6O2S. The van der Waals surface area contributed by atoms with Crippen LogP contribution in [0.2, 0.25) is 0 Å². The smallest absolute Gasteiger partial charge is 0.234 e. The van der Waals surface area contributed by atoms with Gasteiger partial charge in [-0.05, 0) is 44.2 Å². The molecule has 0 aliphatic rings. The first-order valence-corrected chi connectivity index (χ1v) is 10.9. The van der Waals surface area contributed by atoms with E-state index in [9.17, 15) is 4.79 Å². The predicted molar refractivity (Wildman–Crippen MR) is 121 cm³/mol. The van der Waals surface area contributed by atoms with Crippen molar-refractivity contribution in [1.82, 2.24) is 24.7 Å². The number of para-hydroxylation sites is 1. The van der Waals surface area contributed by atoms with Crippen LogP contribution in [-0.2, 0) is 11.3 Å². The number of hydrogen-bond acceptors (Lipinski definition) is 6. The number of nitrogens with zero attached hydrogens (tertiary/aromatic N) is 4. The van der Waals surface area contributed by atoms with E-state index in [4.69, 9.17) is 4.42 Å². The summed E-state index contributed by atoms with van der Waals surface area (Å²) in [5.41, 5.74) is 3.30. The summed E-state index contributed by atoms with van der Waals surface area (Å²) in [6.07, 6.45) is 0. The molecular weight excluding hydrogens is 412 g/mol. The molecule has 0 aliphatic heterocycles. The normalized spacial score (nSPS) is 11.4. The maximum absolute atomic E-state index is 12.5. The number of benzene rings is 2. The molecule has 0 saturated carbocycles. The second-order valence-corrected chi connectivity index (χ2v) is 8.03. The number of carbonyl (C=O) groups is 1. The third-order valence-corrected chi connectivity index (χ3v) is 5.86. The number of furan rings is 1. The summed E-state index contributed by atoms with van der Waals surface area (Å²) < 4.78 is 7.88. The predicted octanol–water partition coefficient (Wildman–Crippen LogP) is 4.63. The highest BCUT2D eigenvalue weighted by Gasteiger charge is 2.18. The summed E-state index contributed by atoms with van der Waals surface area (Å²) in [7, 11) is 0. The van der Waals surface area contributed by atoms with Crippen LogP contribution in [0.1, 0.15) is 12.7 Å². The molecule has 0 bridgehead atoms. The summed E-state index contributed by atoms with van der Waals surface area (Å²) in [4.78, 5) is 20.0. The number of aromatic nitrogens is 5. The number of amides is 1. The third-order valence-electron chi connectivity index (χ3n) is 4.90. The van der Waals surface area contributed by atoms with Gasteiger partial charge in [-0.25, -0.2) is 4.98 Å². The number of carbonyl (C=O) groups excluding carboxylic acids is 1. The lowest BCUT2D eigenvalue weighted by atomic mass is 10.2. The van der Waals surface area contributed by atoms with Crippen LogP contribution >= 0.6 is 11.8 Å². The van der Waals surface area contributed by atoms with Crippen LogP contribution in [0.15, 0.2) is 58.1 Å². The zero-order chi connectivity index (χ0) is 21.4. The molecule has 0 radical (unpaired) electrons. The fourth-order valence-electron chi connectivity index (χ4n) is 3.50. The molecule has 2 aromatic carbocycles. The molecule has 0 atom stereocenters. The zero-order valence-electron chi connectivity index (χ0n) is 17.0. The fraction of sp³-hybridized carbons (Fsp3) is 0.182. The maximum Gasteiger partial charge on any atom is 0.234 e. The van der Waals surface area contributed by atoms with Gasteiger partial charge >= 0.3 is 0 Å². The number of nitrogens with one attached hydrogen (secondary N) is 2. The molecule has 1 amide bonds. The van der Waals surface area contributed by atoms with Crippen LogP contribution in [0.5, 0.6) is 0 Å². The van der Waals surface area contributed by atoms with Crippen molar-refractivity contribution in [1.29, 1.82) is 0 Å². The van der Waals surface area contributed by atoms with Gasteiger partial charge in [0, 0.05) is 17.6 Å². The second-order valence-electron chi connectivity index (χ2n) is 7.09. The summed E-state index contributed by atoms with van der Waals surface area (Å²) in [5, 5.41) is 13.2. The molecule has 31 heavy (non-hydrogen) atoms. The molecule has 0 fully saturated rings. The minimum absolute atomic E-state index is 0.114. The van der Waals surface area contributed by atoms with E-state index in [0.717, 1.165) is 33.5 Å². The van der Waals surface area contributed by atoms with Gasteiger partial charge in [0.2, 0.25) is 11.7 Å². The quantitative estimate of drug-likeness (QED) is 0.380. The van der Waals surface area contributed by atoms with Gasteiger partial charge in [0.15, 0.2) is 10.9 Å². The average Bonchev–Trinajstić information content (AvgIpc) is 3.46. The third kappa shape index (κ3) is 3.79. The van der Waals surface area contributed by atoms with Crippen LogP contribution in [0.25, 0.3) is 33.6 Å². The average molecular weight is 433 g/mol. The lowest BCUT2D eigenvalue weighted by Crippen LogP contribution is -2.14. The van der Waals surface area contributed by atoms with Gasteiger partial charge < -0.3 is 14.7 Å². The first kappa shape index (κ1) is 19.4. The first-order chi connectivity index (χ1) is 15.1. The number of aryl methyl sites for hydroxylation is 1. The Bertz CT molecular complexity index is 1370. The summed E-state index contributed by atoms with van der Waals surface area (Å²) in [6.45, 7) is 4.58. The van der Waals surface area contributed by atoms with E-state index in [1.807, 2.05) is 66.9 Å². The molecule has 8 nitrogen and oxygen atoms in total. The standard InChI is InChI=1S/C22H20N6O2S/c1-3-28-21(19-10-14-6-4-5-7-18(14)30-19)26-27-22(28)31-12-20(29)25-15-8-9-16-17(11-15)24-13(2)23-16/h4-11H,3,12H2,1-2H3,(H,23,24)(H,25,29). The van der Waals surface area contributed by atoms with E-state index < -0.39 is 0 Å². The van der Waals surface area contributed by atoms with Crippen LogP contribution in [0.4, 0.5) is 5.69 Å². The number of rotatable bonds is 6. The summed E-state index contributed by atoms with van der Waals surface area (Å²) in [5.74, 6) is 2.26. The Morgan fingerprint density at radius 2 is 2.06 bits per heavy atom. The molecule has 156 valence electrons. The Balaban J connectivity index is 1.30. The van der Waals surface area contributed by atoms with Crippen molar-refractivity contribution in [2.45, 2.75) is 25.5 Å². The second kappa shape index (κ2) is 7.92. The molecule has 5 rings (SSSR count).